The minimum atomic E-state index is -3.19. The van der Waals surface area contributed by atoms with Crippen LogP contribution in [0.15, 0.2) is 24.3 Å². The first-order chi connectivity index (χ1) is 15.7. The summed E-state index contributed by atoms with van der Waals surface area (Å²) < 4.78 is 117. The van der Waals surface area contributed by atoms with Crippen molar-refractivity contribution in [3.8, 4) is 0 Å². The van der Waals surface area contributed by atoms with Gasteiger partial charge in [-0.1, -0.05) is 6.04 Å². The molecule has 1 aromatic carbocycles. The molecule has 0 radical (unpaired) electrons. The molecular weight excluding hydrogens is 266 g/mol. The van der Waals surface area contributed by atoms with Crippen molar-refractivity contribution in [1.29, 1.82) is 0 Å². The van der Waals surface area contributed by atoms with Crippen molar-refractivity contribution < 1.29 is 28.8 Å². The quantitative estimate of drug-likeness (QED) is 0.887. The first-order valence-corrected chi connectivity index (χ1v) is 6.06. The van der Waals surface area contributed by atoms with Crippen molar-refractivity contribution in [1.82, 2.24) is 15.2 Å². The fourth-order valence-corrected chi connectivity index (χ4v) is 1.84. The zero-order valence-electron chi connectivity index (χ0n) is 25.0. The topological polar surface area (TPSA) is 57.4 Å². The Labute approximate surface area is 144 Å². The van der Waals surface area contributed by atoms with Crippen molar-refractivity contribution >= 4 is 17.0 Å². The molecule has 1 aliphatic heterocycles. The molecular formula is C16H21N3O2. The predicted octanol–water partition coefficient (Wildman–Crippen LogP) is 1.92. The third-order valence-electron chi connectivity index (χ3n) is 2.74. The molecule has 0 spiro atoms. The van der Waals surface area contributed by atoms with E-state index in [-0.39, 0.29) is 15.8 Å². The molecule has 2 N–H and O–H groups in total. The Kier molecular flexibility index (Phi) is 1.38. The predicted molar refractivity (Wildman–Crippen MR) is 82.5 cm³/mol. The number of carbonyl (C=O) groups excluding carboxylic acids is 1. The standard InChI is InChI=1S/C16H21N3O2/c1-19(2)6-5-12-9-17-15-4-3-11(8-14(12)15)7-13-10-21-16(20)18-13/h3-4,8-9,13,17H,5-7,10H2,1-2H3,(H,18,20)/t13-/m0/s1/i1D3,3D,4D,5D2,6D2,8D,10D2/hD2. The van der Waals surface area contributed by atoms with Gasteiger partial charge in [-0.3, -0.25) is 0 Å². The van der Waals surface area contributed by atoms with Gasteiger partial charge in [-0.15, -0.1) is 0 Å². The number of carbonyl (C=O) groups is 1. The molecule has 1 saturated heterocycles. The number of nitrogens with one attached hydrogen (secondary N) is 2. The number of cyclic esters (lactones) is 1. The number of rotatable bonds is 5. The molecule has 21 heavy (non-hydrogen) atoms. The number of aromatic nitrogens is 1. The summed E-state index contributed by atoms with van der Waals surface area (Å²) in [6.45, 7) is -8.91. The number of nitrogens with zero attached hydrogens (tertiary/aromatic N) is 1. The lowest BCUT2D eigenvalue weighted by molar-refractivity contribution is 0.177. The SMILES string of the molecule is [2H]c1c(C[C@@H]2N([2H])C(=O)OC2([2H])[2H])c([2H])c2c(C([2H])([2H])C([2H])([2H])N(C)C([2H])([2H])[2H])cn([2H])c2c1[2H]. The maximum Gasteiger partial charge on any atom is 0.407 e. The molecule has 3 rings (SSSR count). The number of benzene rings is 1. The van der Waals surface area contributed by atoms with Crippen LogP contribution in [0.4, 0.5) is 4.79 Å². The van der Waals surface area contributed by atoms with Crippen LogP contribution in [0.1, 0.15) is 27.6 Å². The van der Waals surface area contributed by atoms with Crippen LogP contribution < -0.4 is 5.31 Å². The largest absolute Gasteiger partial charge is 0.447 e. The van der Waals surface area contributed by atoms with Gasteiger partial charge in [0.15, 0.2) is 2.82 Å². The molecule has 1 aliphatic rings. The average Bonchev–Trinajstić information content (AvgIpc) is 3.16. The molecule has 1 fully saturated rings. The van der Waals surface area contributed by atoms with Gasteiger partial charge in [0.25, 0.3) is 0 Å². The first kappa shape index (κ1) is 5.02. The second kappa shape index (κ2) is 5.77. The molecule has 0 bridgehead atoms. The molecule has 1 atom stereocenters. The van der Waals surface area contributed by atoms with Gasteiger partial charge >= 0.3 is 6.09 Å². The Morgan fingerprint density at radius 3 is 3.38 bits per heavy atom. The van der Waals surface area contributed by atoms with Gasteiger partial charge in [-0.25, -0.2) is 4.79 Å². The fraction of sp³-hybridized carbons (Fsp3) is 0.438. The van der Waals surface area contributed by atoms with E-state index in [1.807, 2.05) is 0 Å². The molecule has 5 nitrogen and oxygen atoms in total. The van der Waals surface area contributed by atoms with Crippen LogP contribution in [0.2, 0.25) is 2.82 Å². The minimum Gasteiger partial charge on any atom is -0.447 e. The number of H-pyrrole nitrogens is 1. The second-order valence-corrected chi connectivity index (χ2v) is 4.38. The zero-order valence-corrected chi connectivity index (χ0v) is 11.0. The lowest BCUT2D eigenvalue weighted by Gasteiger charge is -2.09. The summed E-state index contributed by atoms with van der Waals surface area (Å²) in [6.07, 6.45) is -4.31. The monoisotopic (exact) mass is 301 g/mol. The summed E-state index contributed by atoms with van der Waals surface area (Å²) in [5.41, 5.74) is -1.41. The number of aryl methyl sites for hydroxylation is 1. The summed E-state index contributed by atoms with van der Waals surface area (Å²) in [5.74, 6) is 0. The zero-order chi connectivity index (χ0) is 27.0. The minimum absolute atomic E-state index is 0.187. The lowest BCUT2D eigenvalue weighted by atomic mass is 10.0. The number of ether oxygens (including phenoxy) is 1. The van der Waals surface area contributed by atoms with Crippen LogP contribution in [0.3, 0.4) is 0 Å². The van der Waals surface area contributed by atoms with Crippen LogP contribution in [0.5, 0.6) is 0 Å². The van der Waals surface area contributed by atoms with Gasteiger partial charge in [0.05, 0.1) is 12.9 Å². The van der Waals surface area contributed by atoms with Crippen molar-refractivity contribution in [2.24, 2.45) is 0 Å². The summed E-state index contributed by atoms with van der Waals surface area (Å²) >= 11 is 0. The Balaban J connectivity index is 2.27. The van der Waals surface area contributed by atoms with Crippen LogP contribution in [-0.2, 0) is 17.5 Å². The van der Waals surface area contributed by atoms with Gasteiger partial charge in [-0.05, 0) is 50.0 Å². The third-order valence-corrected chi connectivity index (χ3v) is 2.74. The molecule has 112 valence electrons. The highest BCUT2D eigenvalue weighted by Crippen LogP contribution is 2.21. The number of likely N-dealkylation sites (N-methyl/N-ethyl adjacent to an activating group) is 1. The molecule has 1 amide bonds. The van der Waals surface area contributed by atoms with Crippen molar-refractivity contribution in [3.05, 3.63) is 35.5 Å². The van der Waals surface area contributed by atoms with Crippen LogP contribution >= 0.6 is 0 Å². The summed E-state index contributed by atoms with van der Waals surface area (Å²) in [6, 6.07) is -3.56. The van der Waals surface area contributed by atoms with E-state index >= 15 is 0 Å². The van der Waals surface area contributed by atoms with E-state index in [9.17, 15) is 4.79 Å². The highest BCUT2D eigenvalue weighted by Gasteiger charge is 2.22. The molecule has 5 heteroatoms. The van der Waals surface area contributed by atoms with E-state index in [1.165, 1.54) is 0 Å². The number of amides is 1. The lowest BCUT2D eigenvalue weighted by Crippen LogP contribution is -2.28. The Hall–Kier alpha value is -2.01. The van der Waals surface area contributed by atoms with Gasteiger partial charge in [0.1, 0.15) is 6.56 Å². The van der Waals surface area contributed by atoms with E-state index in [1.54, 1.807) is 0 Å². The van der Waals surface area contributed by atoms with Gasteiger partial charge in [0.2, 0.25) is 0 Å². The Morgan fingerprint density at radius 2 is 2.62 bits per heavy atom. The van der Waals surface area contributed by atoms with Crippen molar-refractivity contribution in [3.63, 3.8) is 0 Å². The Bertz CT molecular complexity index is 1190. The van der Waals surface area contributed by atoms with Crippen molar-refractivity contribution in [2.75, 3.05) is 27.1 Å². The molecule has 2 heterocycles. The highest BCUT2D eigenvalue weighted by molar-refractivity contribution is 5.84. The van der Waals surface area contributed by atoms with E-state index in [0.717, 1.165) is 13.2 Å². The van der Waals surface area contributed by atoms with Crippen molar-refractivity contribution in [2.45, 2.75) is 18.8 Å². The van der Waals surface area contributed by atoms with Crippen LogP contribution in [0, 0.1) is 0 Å². The number of hydrogen-bond acceptors (Lipinski definition) is 3. The number of fused-ring (bicyclic) bond motifs is 1. The van der Waals surface area contributed by atoms with E-state index in [4.69, 9.17) is 19.3 Å². The number of aromatic amines is 1. The molecule has 0 saturated carbocycles. The molecule has 0 unspecified atom stereocenters. The number of hydrogen-bond donors (Lipinski definition) is 2. The maximum absolute atomic E-state index is 11.7. The molecule has 2 aromatic rings. The summed E-state index contributed by atoms with van der Waals surface area (Å²) in [7, 11) is 0.845. The van der Waals surface area contributed by atoms with Gasteiger partial charge in [0, 0.05) is 33.2 Å². The Morgan fingerprint density at radius 1 is 1.71 bits per heavy atom. The molecule has 0 aliphatic carbocycles. The fourth-order valence-electron chi connectivity index (χ4n) is 1.84. The second-order valence-electron chi connectivity index (χ2n) is 4.38. The first-order valence-electron chi connectivity index (χ1n) is 13.0. The summed E-state index contributed by atoms with van der Waals surface area (Å²) in [4.78, 5) is 12.3. The number of alkyl carbamates (subject to hydrolysis) is 1. The normalized spacial score (nSPS) is 32.8. The van der Waals surface area contributed by atoms with Gasteiger partial charge in [-0.2, -0.15) is 0 Å². The average molecular weight is 301 g/mol. The molecule has 1 aromatic heterocycles. The summed E-state index contributed by atoms with van der Waals surface area (Å²) in [5, 5.41) is -0.266. The van der Waals surface area contributed by atoms with E-state index in [0.29, 0.717) is 4.98 Å². The van der Waals surface area contributed by atoms with E-state index < -0.39 is 79.6 Å². The van der Waals surface area contributed by atoms with Crippen LogP contribution in [0.25, 0.3) is 10.9 Å². The van der Waals surface area contributed by atoms with Crippen LogP contribution in [-0.4, -0.2) is 49.1 Å². The third kappa shape index (κ3) is 3.19. The highest BCUT2D eigenvalue weighted by atomic mass is 16.6. The maximum atomic E-state index is 11.7. The smallest absolute Gasteiger partial charge is 0.407 e. The van der Waals surface area contributed by atoms with E-state index in [2.05, 4.69) is 4.74 Å². The van der Waals surface area contributed by atoms with Gasteiger partial charge < -0.3 is 19.9 Å².